The summed E-state index contributed by atoms with van der Waals surface area (Å²) in [4.78, 5) is 4.54. The van der Waals surface area contributed by atoms with Gasteiger partial charge in [-0.05, 0) is 46.3 Å². The Kier molecular flexibility index (Phi) is 4.01. The second-order valence-corrected chi connectivity index (χ2v) is 6.53. The van der Waals surface area contributed by atoms with E-state index in [0.717, 1.165) is 26.0 Å². The van der Waals surface area contributed by atoms with E-state index in [9.17, 15) is 0 Å². The summed E-state index contributed by atoms with van der Waals surface area (Å²) in [5.74, 6) is 0. The Bertz CT molecular complexity index is 770. The highest BCUT2D eigenvalue weighted by molar-refractivity contribution is 9.11. The molecule has 0 aliphatic rings. The van der Waals surface area contributed by atoms with Crippen LogP contribution in [0.2, 0.25) is 5.02 Å². The molecule has 2 heterocycles. The molecule has 0 bridgehead atoms. The van der Waals surface area contributed by atoms with Crippen LogP contribution in [0, 0.1) is 0 Å². The van der Waals surface area contributed by atoms with E-state index < -0.39 is 0 Å². The summed E-state index contributed by atoms with van der Waals surface area (Å²) < 4.78 is 3.98. The van der Waals surface area contributed by atoms with Crippen LogP contribution in [-0.4, -0.2) is 9.38 Å². The number of anilines is 1. The number of hydrogen-bond acceptors (Lipinski definition) is 2. The number of imidazole rings is 1. The molecule has 102 valence electrons. The van der Waals surface area contributed by atoms with Gasteiger partial charge in [0.15, 0.2) is 0 Å². The lowest BCUT2D eigenvalue weighted by Crippen LogP contribution is -2.00. The van der Waals surface area contributed by atoms with Gasteiger partial charge in [0.25, 0.3) is 0 Å². The van der Waals surface area contributed by atoms with Crippen LogP contribution >= 0.6 is 43.5 Å². The number of pyridine rings is 1. The van der Waals surface area contributed by atoms with Crippen LogP contribution in [0.4, 0.5) is 5.69 Å². The van der Waals surface area contributed by atoms with Crippen LogP contribution in [0.5, 0.6) is 0 Å². The number of halogens is 3. The fourth-order valence-corrected chi connectivity index (χ4v) is 2.84. The van der Waals surface area contributed by atoms with Crippen molar-refractivity contribution in [2.24, 2.45) is 0 Å². The number of aromatic nitrogens is 2. The minimum absolute atomic E-state index is 0.647. The molecule has 0 fully saturated rings. The van der Waals surface area contributed by atoms with E-state index in [4.69, 9.17) is 11.6 Å². The molecule has 0 unspecified atom stereocenters. The van der Waals surface area contributed by atoms with E-state index in [-0.39, 0.29) is 0 Å². The van der Waals surface area contributed by atoms with Crippen molar-refractivity contribution in [3.05, 3.63) is 62.4 Å². The maximum absolute atomic E-state index is 5.96. The molecule has 3 aromatic rings. The van der Waals surface area contributed by atoms with Crippen molar-refractivity contribution < 1.29 is 0 Å². The normalized spacial score (nSPS) is 10.9. The summed E-state index contributed by atoms with van der Waals surface area (Å²) in [6.45, 7) is 0.647. The minimum Gasteiger partial charge on any atom is -0.378 e. The second-order valence-electron chi connectivity index (χ2n) is 4.32. The Morgan fingerprint density at radius 2 is 2.00 bits per heavy atom. The lowest BCUT2D eigenvalue weighted by atomic mass is 10.3. The molecule has 3 nitrogen and oxygen atoms in total. The lowest BCUT2D eigenvalue weighted by Gasteiger charge is -2.07. The second kappa shape index (κ2) is 5.76. The zero-order chi connectivity index (χ0) is 14.1. The molecule has 0 amide bonds. The Balaban J connectivity index is 1.81. The van der Waals surface area contributed by atoms with Gasteiger partial charge in [0, 0.05) is 27.0 Å². The van der Waals surface area contributed by atoms with Gasteiger partial charge in [-0.2, -0.15) is 0 Å². The Morgan fingerprint density at radius 1 is 1.15 bits per heavy atom. The third-order valence-electron chi connectivity index (χ3n) is 2.85. The fraction of sp³-hybridized carbons (Fsp3) is 0.0714. The van der Waals surface area contributed by atoms with Crippen LogP contribution in [0.3, 0.4) is 0 Å². The third-order valence-corrected chi connectivity index (χ3v) is 4.26. The van der Waals surface area contributed by atoms with Crippen molar-refractivity contribution in [2.45, 2.75) is 6.54 Å². The van der Waals surface area contributed by atoms with Gasteiger partial charge in [0.05, 0.1) is 17.3 Å². The largest absolute Gasteiger partial charge is 0.378 e. The van der Waals surface area contributed by atoms with E-state index >= 15 is 0 Å². The molecule has 3 rings (SSSR count). The van der Waals surface area contributed by atoms with Crippen molar-refractivity contribution in [1.29, 1.82) is 0 Å². The van der Waals surface area contributed by atoms with Crippen molar-refractivity contribution in [3.8, 4) is 0 Å². The Morgan fingerprint density at radius 3 is 2.85 bits per heavy atom. The maximum Gasteiger partial charge on any atom is 0.137 e. The van der Waals surface area contributed by atoms with Crippen LogP contribution in [-0.2, 0) is 6.54 Å². The predicted molar refractivity (Wildman–Crippen MR) is 89.4 cm³/mol. The molecule has 2 aromatic heterocycles. The monoisotopic (exact) mass is 413 g/mol. The molecule has 1 aromatic carbocycles. The fourth-order valence-electron chi connectivity index (χ4n) is 1.92. The van der Waals surface area contributed by atoms with Crippen molar-refractivity contribution in [2.75, 3.05) is 5.32 Å². The zero-order valence-electron chi connectivity index (χ0n) is 10.3. The molecular weight excluding hydrogens is 405 g/mol. The average molecular weight is 416 g/mol. The first-order chi connectivity index (χ1) is 9.61. The number of nitrogens with one attached hydrogen (secondary N) is 1. The van der Waals surface area contributed by atoms with Crippen LogP contribution in [0.25, 0.3) is 5.65 Å². The Hall–Kier alpha value is -1.04. The zero-order valence-corrected chi connectivity index (χ0v) is 14.2. The molecule has 0 atom stereocenters. The molecule has 6 heteroatoms. The molecule has 0 aliphatic carbocycles. The summed E-state index contributed by atoms with van der Waals surface area (Å²) in [7, 11) is 0. The maximum atomic E-state index is 5.96. The first kappa shape index (κ1) is 13.9. The molecule has 1 N–H and O–H groups in total. The van der Waals surface area contributed by atoms with Gasteiger partial charge in [-0.15, -0.1) is 0 Å². The van der Waals surface area contributed by atoms with Crippen LogP contribution in [0.15, 0.2) is 51.7 Å². The van der Waals surface area contributed by atoms with Gasteiger partial charge in [0.2, 0.25) is 0 Å². The molecule has 0 saturated carbocycles. The molecule has 0 spiro atoms. The summed E-state index contributed by atoms with van der Waals surface area (Å²) >= 11 is 12.9. The van der Waals surface area contributed by atoms with E-state index in [1.54, 1.807) is 0 Å². The quantitative estimate of drug-likeness (QED) is 0.643. The topological polar surface area (TPSA) is 29.3 Å². The highest BCUT2D eigenvalue weighted by Gasteiger charge is 2.04. The van der Waals surface area contributed by atoms with Gasteiger partial charge in [-0.25, -0.2) is 4.98 Å². The van der Waals surface area contributed by atoms with Gasteiger partial charge < -0.3 is 9.72 Å². The van der Waals surface area contributed by atoms with E-state index in [2.05, 4.69) is 42.2 Å². The number of fused-ring (bicyclic) bond motifs is 1. The van der Waals surface area contributed by atoms with E-state index in [0.29, 0.717) is 11.6 Å². The van der Waals surface area contributed by atoms with Gasteiger partial charge in [-0.3, -0.25) is 0 Å². The SMILES string of the molecule is Clc1ccc2nc(CNc3cc(Br)ccc3Br)cn2c1. The van der Waals surface area contributed by atoms with Crippen LogP contribution in [0.1, 0.15) is 5.69 Å². The standard InChI is InChI=1S/C14H10Br2ClN3/c15-9-1-3-12(16)13(5-9)18-6-11-8-20-7-10(17)2-4-14(20)19-11/h1-5,7-8,18H,6H2. The molecule has 0 radical (unpaired) electrons. The third kappa shape index (κ3) is 3.00. The molecule has 0 aliphatic heterocycles. The van der Waals surface area contributed by atoms with Crippen molar-refractivity contribution in [3.63, 3.8) is 0 Å². The van der Waals surface area contributed by atoms with Gasteiger partial charge >= 0.3 is 0 Å². The van der Waals surface area contributed by atoms with Crippen LogP contribution < -0.4 is 5.32 Å². The summed E-state index contributed by atoms with van der Waals surface area (Å²) in [6.07, 6.45) is 3.82. The molecular formula is C14H10Br2ClN3. The smallest absolute Gasteiger partial charge is 0.137 e. The van der Waals surface area contributed by atoms with Gasteiger partial charge in [-0.1, -0.05) is 27.5 Å². The first-order valence-corrected chi connectivity index (χ1v) is 7.90. The highest BCUT2D eigenvalue weighted by Crippen LogP contribution is 2.26. The average Bonchev–Trinajstić information content (AvgIpc) is 2.81. The summed E-state index contributed by atoms with van der Waals surface area (Å²) in [5, 5.41) is 4.06. The van der Waals surface area contributed by atoms with Crippen molar-refractivity contribution >= 4 is 54.8 Å². The first-order valence-electron chi connectivity index (χ1n) is 5.94. The summed E-state index contributed by atoms with van der Waals surface area (Å²) in [6, 6.07) is 9.75. The number of hydrogen-bond donors (Lipinski definition) is 1. The van der Waals surface area contributed by atoms with Gasteiger partial charge in [0.1, 0.15) is 5.65 Å². The van der Waals surface area contributed by atoms with E-state index in [1.165, 1.54) is 0 Å². The summed E-state index contributed by atoms with van der Waals surface area (Å²) in [5.41, 5.74) is 2.87. The predicted octanol–water partition coefficient (Wildman–Crippen LogP) is 5.12. The number of rotatable bonds is 3. The Labute approximate surface area is 138 Å². The minimum atomic E-state index is 0.647. The molecule has 20 heavy (non-hydrogen) atoms. The number of benzene rings is 1. The van der Waals surface area contributed by atoms with Crippen molar-refractivity contribution in [1.82, 2.24) is 9.38 Å². The molecule has 0 saturated heterocycles. The van der Waals surface area contributed by atoms with E-state index in [1.807, 2.05) is 47.1 Å². The number of nitrogens with zero attached hydrogens (tertiary/aromatic N) is 2. The lowest BCUT2D eigenvalue weighted by molar-refractivity contribution is 1.08. The highest BCUT2D eigenvalue weighted by atomic mass is 79.9.